The Morgan fingerprint density at radius 2 is 1.34 bits per heavy atom. The summed E-state index contributed by atoms with van der Waals surface area (Å²) in [5.74, 6) is -1.80. The topological polar surface area (TPSA) is 102 Å². The number of hydrogen-bond acceptors (Lipinski definition) is 7. The number of carbonyl (C=O) groups is 3. The summed E-state index contributed by atoms with van der Waals surface area (Å²) in [6.07, 6.45) is 17.6. The fourth-order valence-corrected chi connectivity index (χ4v) is 3.98. The van der Waals surface area contributed by atoms with Crippen molar-refractivity contribution in [1.82, 2.24) is 0 Å². The van der Waals surface area contributed by atoms with E-state index in [0.717, 1.165) is 44.9 Å². The first kappa shape index (κ1) is 36.1. The van der Waals surface area contributed by atoms with Crippen LogP contribution in [0.1, 0.15) is 110 Å². The van der Waals surface area contributed by atoms with Gasteiger partial charge in [-0.2, -0.15) is 0 Å². The molecule has 0 heterocycles. The second kappa shape index (κ2) is 23.0. The fraction of sp³-hybridized carbons (Fsp3) is 0.833. The van der Waals surface area contributed by atoms with Gasteiger partial charge < -0.3 is 28.6 Å². The lowest BCUT2D eigenvalue weighted by molar-refractivity contribution is -0.889. The number of unbranched alkanes of at least 4 members (excludes halogenated alkanes) is 9. The molecule has 0 bridgehead atoms. The van der Waals surface area contributed by atoms with Crippen molar-refractivity contribution in [3.05, 3.63) is 12.2 Å². The van der Waals surface area contributed by atoms with Crippen molar-refractivity contribution in [3.8, 4) is 0 Å². The molecule has 0 amide bonds. The number of allylic oxidation sites excluding steroid dienone is 2. The van der Waals surface area contributed by atoms with E-state index in [1.807, 2.05) is 6.92 Å². The molecule has 38 heavy (non-hydrogen) atoms. The van der Waals surface area contributed by atoms with E-state index in [2.05, 4.69) is 19.1 Å². The summed E-state index contributed by atoms with van der Waals surface area (Å²) in [6.45, 7) is 4.35. The Labute approximate surface area is 231 Å². The van der Waals surface area contributed by atoms with Gasteiger partial charge in [0.2, 0.25) is 0 Å². The number of esters is 2. The first-order valence-corrected chi connectivity index (χ1v) is 14.7. The van der Waals surface area contributed by atoms with Crippen LogP contribution in [-0.2, 0) is 28.6 Å². The predicted molar refractivity (Wildman–Crippen MR) is 148 cm³/mol. The van der Waals surface area contributed by atoms with Gasteiger partial charge >= 0.3 is 11.9 Å². The Hall–Kier alpha value is -1.93. The molecular weight excluding hydrogens is 486 g/mol. The van der Waals surface area contributed by atoms with Gasteiger partial charge in [-0.3, -0.25) is 9.59 Å². The second-order valence-electron chi connectivity index (χ2n) is 11.0. The van der Waals surface area contributed by atoms with Gasteiger partial charge in [0.25, 0.3) is 0 Å². The molecule has 0 aromatic rings. The van der Waals surface area contributed by atoms with Crippen LogP contribution >= 0.6 is 0 Å². The molecule has 2 unspecified atom stereocenters. The average Bonchev–Trinajstić information content (AvgIpc) is 2.85. The molecule has 0 radical (unpaired) electrons. The number of carboxylic acids is 1. The minimum absolute atomic E-state index is 0.0374. The van der Waals surface area contributed by atoms with Crippen LogP contribution in [-0.4, -0.2) is 75.5 Å². The van der Waals surface area contributed by atoms with Gasteiger partial charge in [0.05, 0.1) is 40.3 Å². The lowest BCUT2D eigenvalue weighted by Crippen LogP contribution is -2.55. The maximum Gasteiger partial charge on any atom is 0.306 e. The van der Waals surface area contributed by atoms with Gasteiger partial charge in [0.1, 0.15) is 12.6 Å². The predicted octanol–water partition coefficient (Wildman–Crippen LogP) is 4.73. The summed E-state index contributed by atoms with van der Waals surface area (Å²) in [5, 5.41) is 11.4. The Bertz CT molecular complexity index is 657. The van der Waals surface area contributed by atoms with Crippen molar-refractivity contribution in [2.45, 2.75) is 122 Å². The number of carboxylic acid groups (broad SMARTS) is 1. The summed E-state index contributed by atoms with van der Waals surface area (Å²) < 4.78 is 16.7. The quantitative estimate of drug-likeness (QED) is 0.0712. The number of likely N-dealkylation sites (N-methyl/N-ethyl adjacent to an activating group) is 1. The molecule has 0 N–H and O–H groups in total. The highest BCUT2D eigenvalue weighted by molar-refractivity contribution is 5.70. The largest absolute Gasteiger partial charge is 0.544 e. The van der Waals surface area contributed by atoms with Gasteiger partial charge in [-0.1, -0.05) is 64.5 Å². The maximum atomic E-state index is 12.4. The number of ether oxygens (including phenoxy) is 3. The van der Waals surface area contributed by atoms with Crippen molar-refractivity contribution < 1.29 is 38.2 Å². The van der Waals surface area contributed by atoms with Crippen LogP contribution in [0.5, 0.6) is 0 Å². The molecular formula is C30H55NO7. The highest BCUT2D eigenvalue weighted by atomic mass is 16.6. The zero-order valence-corrected chi connectivity index (χ0v) is 24.8. The Morgan fingerprint density at radius 1 is 0.763 bits per heavy atom. The van der Waals surface area contributed by atoms with Gasteiger partial charge in [0.15, 0.2) is 6.10 Å². The molecule has 8 heteroatoms. The summed E-state index contributed by atoms with van der Waals surface area (Å²) in [7, 11) is 5.36. The van der Waals surface area contributed by atoms with Gasteiger partial charge in [-0.15, -0.1) is 0 Å². The van der Waals surface area contributed by atoms with Crippen LogP contribution in [0.2, 0.25) is 0 Å². The van der Waals surface area contributed by atoms with E-state index in [0.29, 0.717) is 12.8 Å². The highest BCUT2D eigenvalue weighted by Gasteiger charge is 2.25. The van der Waals surface area contributed by atoms with Crippen LogP contribution < -0.4 is 5.11 Å². The van der Waals surface area contributed by atoms with Gasteiger partial charge in [-0.05, 0) is 38.5 Å². The van der Waals surface area contributed by atoms with E-state index in [4.69, 9.17) is 14.2 Å². The van der Waals surface area contributed by atoms with Gasteiger partial charge in [-0.25, -0.2) is 0 Å². The van der Waals surface area contributed by atoms with E-state index >= 15 is 0 Å². The monoisotopic (exact) mass is 541 g/mol. The number of rotatable bonds is 25. The van der Waals surface area contributed by atoms with Crippen molar-refractivity contribution >= 4 is 17.9 Å². The highest BCUT2D eigenvalue weighted by Crippen LogP contribution is 2.11. The van der Waals surface area contributed by atoms with E-state index in [1.165, 1.54) is 32.1 Å². The lowest BCUT2D eigenvalue weighted by Gasteiger charge is -2.34. The van der Waals surface area contributed by atoms with E-state index in [1.54, 1.807) is 21.1 Å². The smallest absolute Gasteiger partial charge is 0.306 e. The molecule has 0 saturated carbocycles. The fourth-order valence-electron chi connectivity index (χ4n) is 3.98. The molecule has 0 spiro atoms. The van der Waals surface area contributed by atoms with E-state index in [-0.39, 0.29) is 42.7 Å². The number of nitrogens with zero attached hydrogens (tertiary/aromatic N) is 1. The summed E-state index contributed by atoms with van der Waals surface area (Å²) in [4.78, 5) is 35.7. The molecule has 0 aromatic heterocycles. The summed E-state index contributed by atoms with van der Waals surface area (Å²) >= 11 is 0. The molecule has 222 valence electrons. The van der Waals surface area contributed by atoms with Crippen molar-refractivity contribution in [2.75, 3.05) is 41.0 Å². The number of aliphatic carboxylic acids is 1. The maximum absolute atomic E-state index is 12.4. The van der Waals surface area contributed by atoms with Crippen LogP contribution in [0.4, 0.5) is 0 Å². The Kier molecular flexibility index (Phi) is 21.8. The molecule has 0 aliphatic heterocycles. The van der Waals surface area contributed by atoms with Crippen molar-refractivity contribution in [2.24, 2.45) is 0 Å². The van der Waals surface area contributed by atoms with Gasteiger partial charge in [0, 0.05) is 19.3 Å². The minimum atomic E-state index is -1.13. The van der Waals surface area contributed by atoms with Crippen LogP contribution in [0.15, 0.2) is 12.2 Å². The Morgan fingerprint density at radius 3 is 1.95 bits per heavy atom. The van der Waals surface area contributed by atoms with Crippen molar-refractivity contribution in [3.63, 3.8) is 0 Å². The second-order valence-corrected chi connectivity index (χ2v) is 11.0. The van der Waals surface area contributed by atoms with Crippen molar-refractivity contribution in [1.29, 1.82) is 0 Å². The lowest BCUT2D eigenvalue weighted by atomic mass is 10.1. The molecule has 0 fully saturated rings. The molecule has 0 aliphatic rings. The summed E-state index contributed by atoms with van der Waals surface area (Å²) in [6, 6.07) is -0.718. The van der Waals surface area contributed by atoms with Crippen LogP contribution in [0.3, 0.4) is 0 Å². The molecule has 0 aliphatic carbocycles. The molecule has 8 nitrogen and oxygen atoms in total. The Balaban J connectivity index is 4.36. The number of quaternary nitrogens is 1. The standard InChI is InChI=1S/C30H55NO7/c1-6-8-10-11-12-13-14-15-16-17-18-19-21-29(33)38-26(25-37-28(32)20-9-7-2)24-36-23-22-27(30(34)35)31(3,4)5/h12-13,26-27H,6-11,14-25H2,1-5H3/b13-12-. The van der Waals surface area contributed by atoms with E-state index < -0.39 is 18.1 Å². The number of hydrogen-bond donors (Lipinski definition) is 0. The number of carbonyl (C=O) groups excluding carboxylic acids is 3. The summed E-state index contributed by atoms with van der Waals surface area (Å²) in [5.41, 5.74) is 0. The zero-order valence-electron chi connectivity index (χ0n) is 24.8. The average molecular weight is 542 g/mol. The first-order valence-electron chi connectivity index (χ1n) is 14.7. The third-order valence-electron chi connectivity index (χ3n) is 6.40. The zero-order chi connectivity index (χ0) is 28.7. The first-order chi connectivity index (χ1) is 18.1. The van der Waals surface area contributed by atoms with E-state index in [9.17, 15) is 19.5 Å². The molecule has 0 aromatic carbocycles. The van der Waals surface area contributed by atoms with Crippen LogP contribution in [0, 0.1) is 0 Å². The third-order valence-corrected chi connectivity index (χ3v) is 6.40. The SMILES string of the molecule is CCCCC/C=C\CCCCCCCC(=O)OC(COCCC(C(=O)[O-])[N+](C)(C)C)COC(=O)CCCC. The molecule has 2 atom stereocenters. The molecule has 0 saturated heterocycles. The van der Waals surface area contributed by atoms with Crippen LogP contribution in [0.25, 0.3) is 0 Å². The third kappa shape index (κ3) is 21.1. The minimum Gasteiger partial charge on any atom is -0.544 e. The molecule has 0 rings (SSSR count). The normalized spacial score (nSPS) is 13.4.